The number of carbonyl (C=O) groups is 1. The number of nitrogens with one attached hydrogen (secondary N) is 1. The fourth-order valence-corrected chi connectivity index (χ4v) is 3.03. The smallest absolute Gasteiger partial charge is 0.140 e. The Hall–Kier alpha value is -1.67. The van der Waals surface area contributed by atoms with Crippen molar-refractivity contribution in [2.75, 3.05) is 13.1 Å². The predicted molar refractivity (Wildman–Crippen MR) is 113 cm³/mol. The van der Waals surface area contributed by atoms with Gasteiger partial charge in [0.25, 0.3) is 0 Å². The zero-order chi connectivity index (χ0) is 19.1. The van der Waals surface area contributed by atoms with Crippen molar-refractivity contribution in [1.29, 1.82) is 0 Å². The van der Waals surface area contributed by atoms with Crippen LogP contribution in [0.1, 0.15) is 70.6 Å². The quantitative estimate of drug-likeness (QED) is 0.719. The van der Waals surface area contributed by atoms with Crippen molar-refractivity contribution in [1.82, 2.24) is 5.32 Å². The van der Waals surface area contributed by atoms with Gasteiger partial charge in [0, 0.05) is 12.3 Å². The fourth-order valence-electron chi connectivity index (χ4n) is 3.03. The van der Waals surface area contributed by atoms with E-state index in [-0.39, 0.29) is 5.92 Å². The van der Waals surface area contributed by atoms with E-state index >= 15 is 0 Å². The molecule has 25 heavy (non-hydrogen) atoms. The maximum atomic E-state index is 12.6. The third kappa shape index (κ3) is 7.83. The summed E-state index contributed by atoms with van der Waals surface area (Å²) < 4.78 is 0. The van der Waals surface area contributed by atoms with Gasteiger partial charge in [0.05, 0.1) is 0 Å². The molecule has 1 unspecified atom stereocenters. The number of hydrogen-bond donors (Lipinski definition) is 1. The van der Waals surface area contributed by atoms with Crippen molar-refractivity contribution >= 4 is 17.9 Å². The molecule has 1 N–H and O–H groups in total. The summed E-state index contributed by atoms with van der Waals surface area (Å²) in [4.78, 5) is 12.6. The summed E-state index contributed by atoms with van der Waals surface area (Å²) in [6.45, 7) is 15.9. The van der Waals surface area contributed by atoms with Crippen LogP contribution < -0.4 is 5.32 Å². The number of rotatable bonds is 5. The average Bonchev–Trinajstić information content (AvgIpc) is 2.95. The summed E-state index contributed by atoms with van der Waals surface area (Å²) in [5.74, 6) is 0.586. The Balaban J connectivity index is 0.00000134. The van der Waals surface area contributed by atoms with Gasteiger partial charge in [-0.05, 0) is 56.0 Å². The standard InChI is InChI=1S/C19H25NO.2C2H6/c1-3-7-15-8-5-9-17(18(15)4-2)14-19(21)16-10-6-12-20-13-11-16;2*1-2/h3-5,7-9,16,20H,2,6,10-14H2,1H3;2*1-2H3/b7-3-;;. The van der Waals surface area contributed by atoms with E-state index in [9.17, 15) is 4.79 Å². The molecule has 0 saturated carbocycles. The van der Waals surface area contributed by atoms with Crippen LogP contribution in [0.4, 0.5) is 0 Å². The van der Waals surface area contributed by atoms with Crippen LogP contribution in [0.5, 0.6) is 0 Å². The molecule has 1 heterocycles. The van der Waals surface area contributed by atoms with Crippen LogP contribution in [0.15, 0.2) is 30.9 Å². The van der Waals surface area contributed by atoms with Gasteiger partial charge in [0.2, 0.25) is 0 Å². The second-order valence-electron chi connectivity index (χ2n) is 5.65. The van der Waals surface area contributed by atoms with Gasteiger partial charge in [-0.2, -0.15) is 0 Å². The zero-order valence-electron chi connectivity index (χ0n) is 16.9. The van der Waals surface area contributed by atoms with E-state index in [1.54, 1.807) is 0 Å². The highest BCUT2D eigenvalue weighted by Gasteiger charge is 2.20. The molecule has 0 bridgehead atoms. The van der Waals surface area contributed by atoms with E-state index in [2.05, 4.69) is 30.1 Å². The number of carbonyl (C=O) groups excluding carboxylic acids is 1. The molecule has 2 heteroatoms. The third-order valence-corrected chi connectivity index (χ3v) is 4.18. The van der Waals surface area contributed by atoms with Gasteiger partial charge in [-0.15, -0.1) is 0 Å². The molecule has 0 radical (unpaired) electrons. The SMILES string of the molecule is C=Cc1c(/C=C\C)cccc1CC(=O)C1CCCNCC1.CC.CC. The van der Waals surface area contributed by atoms with Crippen molar-refractivity contribution in [2.24, 2.45) is 5.92 Å². The zero-order valence-corrected chi connectivity index (χ0v) is 16.9. The molecule has 1 aromatic rings. The molecule has 1 fully saturated rings. The molecule has 0 aliphatic carbocycles. The molecule has 1 aliphatic heterocycles. The molecule has 1 saturated heterocycles. The summed E-state index contributed by atoms with van der Waals surface area (Å²) in [5.41, 5.74) is 3.33. The molecule has 140 valence electrons. The lowest BCUT2D eigenvalue weighted by atomic mass is 9.89. The van der Waals surface area contributed by atoms with Crippen molar-refractivity contribution < 1.29 is 4.79 Å². The minimum absolute atomic E-state index is 0.211. The van der Waals surface area contributed by atoms with Crippen molar-refractivity contribution in [3.63, 3.8) is 0 Å². The Morgan fingerprint density at radius 2 is 1.92 bits per heavy atom. The molecular weight excluding hydrogens is 306 g/mol. The molecule has 0 aromatic heterocycles. The highest BCUT2D eigenvalue weighted by Crippen LogP contribution is 2.22. The molecule has 0 spiro atoms. The molecule has 1 atom stereocenters. The van der Waals surface area contributed by atoms with Gasteiger partial charge in [-0.25, -0.2) is 0 Å². The normalized spacial score (nSPS) is 16.8. The van der Waals surface area contributed by atoms with E-state index in [4.69, 9.17) is 0 Å². The molecule has 2 nitrogen and oxygen atoms in total. The third-order valence-electron chi connectivity index (χ3n) is 4.18. The first kappa shape index (κ1) is 23.3. The number of benzene rings is 1. The van der Waals surface area contributed by atoms with Gasteiger partial charge in [-0.1, -0.05) is 70.7 Å². The second kappa shape index (κ2) is 14.7. The van der Waals surface area contributed by atoms with Crippen LogP contribution in [-0.2, 0) is 11.2 Å². The molecular formula is C23H37NO. The minimum Gasteiger partial charge on any atom is -0.317 e. The fraction of sp³-hybridized carbons (Fsp3) is 0.522. The predicted octanol–water partition coefficient (Wildman–Crippen LogP) is 5.92. The van der Waals surface area contributed by atoms with Gasteiger partial charge < -0.3 is 5.32 Å². The Bertz CT molecular complexity index is 523. The average molecular weight is 344 g/mol. The van der Waals surface area contributed by atoms with Gasteiger partial charge in [0.1, 0.15) is 5.78 Å². The first-order valence-electron chi connectivity index (χ1n) is 9.86. The molecule has 1 aromatic carbocycles. The van der Waals surface area contributed by atoms with Crippen LogP contribution in [0, 0.1) is 5.92 Å². The van der Waals surface area contributed by atoms with Crippen LogP contribution in [0.2, 0.25) is 0 Å². The minimum atomic E-state index is 0.211. The maximum absolute atomic E-state index is 12.6. The van der Waals surface area contributed by atoms with Gasteiger partial charge >= 0.3 is 0 Å². The molecule has 2 rings (SSSR count). The van der Waals surface area contributed by atoms with Crippen LogP contribution in [0.3, 0.4) is 0 Å². The van der Waals surface area contributed by atoms with Crippen molar-refractivity contribution in [2.45, 2.75) is 60.3 Å². The first-order valence-corrected chi connectivity index (χ1v) is 9.86. The van der Waals surface area contributed by atoms with Gasteiger partial charge in [-0.3, -0.25) is 4.79 Å². The summed E-state index contributed by atoms with van der Waals surface area (Å²) in [6.07, 6.45) is 9.57. The van der Waals surface area contributed by atoms with Crippen LogP contribution in [0.25, 0.3) is 12.2 Å². The van der Waals surface area contributed by atoms with Crippen molar-refractivity contribution in [3.05, 3.63) is 47.5 Å². The van der Waals surface area contributed by atoms with Gasteiger partial charge in [0.15, 0.2) is 0 Å². The Morgan fingerprint density at radius 1 is 1.20 bits per heavy atom. The lowest BCUT2D eigenvalue weighted by Gasteiger charge is -2.14. The number of hydrogen-bond acceptors (Lipinski definition) is 2. The highest BCUT2D eigenvalue weighted by molar-refractivity contribution is 5.85. The van der Waals surface area contributed by atoms with Crippen LogP contribution in [-0.4, -0.2) is 18.9 Å². The summed E-state index contributed by atoms with van der Waals surface area (Å²) in [7, 11) is 0. The Kier molecular flexibility index (Phi) is 13.7. The number of ketones is 1. The second-order valence-corrected chi connectivity index (χ2v) is 5.65. The maximum Gasteiger partial charge on any atom is 0.140 e. The summed E-state index contributed by atoms with van der Waals surface area (Å²) >= 11 is 0. The topological polar surface area (TPSA) is 29.1 Å². The van der Waals surface area contributed by atoms with E-state index in [1.165, 1.54) is 0 Å². The van der Waals surface area contributed by atoms with Crippen molar-refractivity contribution in [3.8, 4) is 0 Å². The highest BCUT2D eigenvalue weighted by atomic mass is 16.1. The van der Waals surface area contributed by atoms with Crippen LogP contribution >= 0.6 is 0 Å². The summed E-state index contributed by atoms with van der Waals surface area (Å²) in [5, 5.41) is 3.37. The number of Topliss-reactive ketones (excluding diaryl/α,β-unsaturated/α-hetero) is 1. The molecule has 0 amide bonds. The van der Waals surface area contributed by atoms with E-state index in [0.29, 0.717) is 12.2 Å². The first-order chi connectivity index (χ1) is 12.3. The summed E-state index contributed by atoms with van der Waals surface area (Å²) in [6, 6.07) is 6.15. The van der Waals surface area contributed by atoms with E-state index in [0.717, 1.165) is 49.0 Å². The van der Waals surface area contributed by atoms with E-state index < -0.39 is 0 Å². The Morgan fingerprint density at radius 3 is 2.56 bits per heavy atom. The lowest BCUT2D eigenvalue weighted by molar-refractivity contribution is -0.122. The Labute approximate surface area is 155 Å². The lowest BCUT2D eigenvalue weighted by Crippen LogP contribution is -2.19. The number of allylic oxidation sites excluding steroid dienone is 1. The van der Waals surface area contributed by atoms with E-state index in [1.807, 2.05) is 52.8 Å². The monoisotopic (exact) mass is 343 g/mol. The molecule has 1 aliphatic rings. The largest absolute Gasteiger partial charge is 0.317 e.